The molecule has 1 unspecified atom stereocenters. The fourth-order valence-corrected chi connectivity index (χ4v) is 4.20. The number of rotatable bonds is 4. The maximum absolute atomic E-state index is 13.9. The molecular weight excluding hydrogens is 297 g/mol. The summed E-state index contributed by atoms with van der Waals surface area (Å²) in [5, 5.41) is 8.93. The Labute approximate surface area is 123 Å². The molecule has 116 valence electrons. The lowest BCUT2D eigenvalue weighted by atomic mass is 9.97. The number of carbonyl (C=O) groups is 1. The number of sulfonamides is 1. The molecule has 0 bridgehead atoms. The summed E-state index contributed by atoms with van der Waals surface area (Å²) in [6.07, 6.45) is 2.56. The molecule has 0 aromatic heterocycles. The van der Waals surface area contributed by atoms with Crippen LogP contribution < -0.4 is 0 Å². The van der Waals surface area contributed by atoms with Crippen LogP contribution in [0.2, 0.25) is 0 Å². The van der Waals surface area contributed by atoms with Crippen molar-refractivity contribution in [3.05, 3.63) is 29.6 Å². The average Bonchev–Trinajstić information content (AvgIpc) is 2.47. The number of carboxylic acid groups (broad SMARTS) is 1. The molecule has 0 saturated carbocycles. The summed E-state index contributed by atoms with van der Waals surface area (Å²) in [5.41, 5.74) is -0.237. The molecule has 0 aliphatic carbocycles. The topological polar surface area (TPSA) is 74.7 Å². The van der Waals surface area contributed by atoms with E-state index >= 15 is 0 Å². The molecule has 1 aromatic rings. The Hall–Kier alpha value is -1.47. The molecule has 1 N–H and O–H groups in total. The monoisotopic (exact) mass is 315 g/mol. The van der Waals surface area contributed by atoms with Crippen LogP contribution in [0.5, 0.6) is 0 Å². The molecule has 0 radical (unpaired) electrons. The molecule has 1 heterocycles. The van der Waals surface area contributed by atoms with Crippen LogP contribution in [0.4, 0.5) is 4.39 Å². The number of hydrogen-bond acceptors (Lipinski definition) is 3. The van der Waals surface area contributed by atoms with E-state index in [1.807, 2.05) is 6.92 Å². The van der Waals surface area contributed by atoms with E-state index in [-0.39, 0.29) is 11.5 Å². The molecule has 0 spiro atoms. The summed E-state index contributed by atoms with van der Waals surface area (Å²) < 4.78 is 40.2. The third-order valence-corrected chi connectivity index (χ3v) is 5.74. The fourth-order valence-electron chi connectivity index (χ4n) is 2.55. The Morgan fingerprint density at radius 3 is 2.81 bits per heavy atom. The fraction of sp³-hybridized carbons (Fsp3) is 0.500. The van der Waals surface area contributed by atoms with Gasteiger partial charge in [0.1, 0.15) is 10.7 Å². The number of halogens is 1. The summed E-state index contributed by atoms with van der Waals surface area (Å²) >= 11 is 0. The van der Waals surface area contributed by atoms with E-state index in [1.54, 1.807) is 0 Å². The molecular formula is C14H18FNO4S. The van der Waals surface area contributed by atoms with Gasteiger partial charge in [-0.15, -0.1) is 0 Å². The lowest BCUT2D eigenvalue weighted by molar-refractivity contribution is 0.0696. The van der Waals surface area contributed by atoms with Gasteiger partial charge in [0.05, 0.1) is 5.56 Å². The molecule has 1 atom stereocenters. The van der Waals surface area contributed by atoms with E-state index in [0.29, 0.717) is 13.1 Å². The van der Waals surface area contributed by atoms with Gasteiger partial charge in [0.2, 0.25) is 10.0 Å². The molecule has 0 amide bonds. The first kappa shape index (κ1) is 15.9. The van der Waals surface area contributed by atoms with Gasteiger partial charge >= 0.3 is 5.97 Å². The normalized spacial score (nSPS) is 20.4. The Bertz CT molecular complexity index is 644. The number of carboxylic acids is 1. The summed E-state index contributed by atoms with van der Waals surface area (Å²) in [7, 11) is -4.00. The molecule has 2 rings (SSSR count). The summed E-state index contributed by atoms with van der Waals surface area (Å²) in [4.78, 5) is 10.4. The predicted octanol–water partition coefficient (Wildman–Crippen LogP) is 2.33. The first-order valence-electron chi connectivity index (χ1n) is 6.89. The number of piperidine rings is 1. The smallest absolute Gasteiger partial charge is 0.335 e. The van der Waals surface area contributed by atoms with Gasteiger partial charge in [-0.25, -0.2) is 17.6 Å². The largest absolute Gasteiger partial charge is 0.478 e. The van der Waals surface area contributed by atoms with E-state index in [9.17, 15) is 17.6 Å². The second-order valence-corrected chi connectivity index (χ2v) is 7.14. The maximum Gasteiger partial charge on any atom is 0.335 e. The van der Waals surface area contributed by atoms with Gasteiger partial charge in [-0.1, -0.05) is 13.3 Å². The highest BCUT2D eigenvalue weighted by Crippen LogP contribution is 2.27. The molecule has 1 aliphatic heterocycles. The summed E-state index contributed by atoms with van der Waals surface area (Å²) in [6.45, 7) is 2.69. The highest BCUT2D eigenvalue weighted by Gasteiger charge is 2.32. The van der Waals surface area contributed by atoms with Crippen molar-refractivity contribution in [1.82, 2.24) is 4.31 Å². The number of aromatic carboxylic acids is 1. The number of benzene rings is 1. The summed E-state index contributed by atoms with van der Waals surface area (Å²) in [6, 6.07) is 2.84. The Morgan fingerprint density at radius 2 is 2.19 bits per heavy atom. The van der Waals surface area contributed by atoms with Crippen molar-refractivity contribution in [3.63, 3.8) is 0 Å². The van der Waals surface area contributed by atoms with Gasteiger partial charge in [-0.2, -0.15) is 4.31 Å². The first-order valence-corrected chi connectivity index (χ1v) is 8.33. The highest BCUT2D eigenvalue weighted by molar-refractivity contribution is 7.89. The molecule has 1 saturated heterocycles. The third-order valence-electron chi connectivity index (χ3n) is 3.86. The number of hydrogen-bond donors (Lipinski definition) is 1. The third kappa shape index (κ3) is 3.24. The van der Waals surface area contributed by atoms with Crippen LogP contribution in [0.15, 0.2) is 23.1 Å². The van der Waals surface area contributed by atoms with E-state index in [1.165, 1.54) is 4.31 Å². The van der Waals surface area contributed by atoms with Crippen molar-refractivity contribution >= 4 is 16.0 Å². The van der Waals surface area contributed by atoms with Crippen molar-refractivity contribution in [2.24, 2.45) is 5.92 Å². The van der Waals surface area contributed by atoms with Gasteiger partial charge in [0.15, 0.2) is 0 Å². The van der Waals surface area contributed by atoms with Crippen molar-refractivity contribution < 1.29 is 22.7 Å². The standard InChI is InChI=1S/C14H18FNO4S/c1-2-10-4-3-7-16(9-10)21(19,20)13-8-11(14(17)18)5-6-12(13)15/h5-6,8,10H,2-4,7,9H2,1H3,(H,17,18). The molecule has 1 aromatic carbocycles. The maximum atomic E-state index is 13.9. The van der Waals surface area contributed by atoms with Crippen LogP contribution >= 0.6 is 0 Å². The summed E-state index contributed by atoms with van der Waals surface area (Å²) in [5.74, 6) is -1.94. The number of nitrogens with zero attached hydrogens (tertiary/aromatic N) is 1. The molecule has 7 heteroatoms. The highest BCUT2D eigenvalue weighted by atomic mass is 32.2. The van der Waals surface area contributed by atoms with Crippen LogP contribution in [-0.4, -0.2) is 36.9 Å². The van der Waals surface area contributed by atoms with E-state index in [4.69, 9.17) is 5.11 Å². The zero-order valence-corrected chi connectivity index (χ0v) is 12.6. The van der Waals surface area contributed by atoms with Gasteiger partial charge in [0, 0.05) is 13.1 Å². The van der Waals surface area contributed by atoms with Crippen molar-refractivity contribution in [2.75, 3.05) is 13.1 Å². The zero-order chi connectivity index (χ0) is 15.6. The zero-order valence-electron chi connectivity index (χ0n) is 11.8. The lowest BCUT2D eigenvalue weighted by Gasteiger charge is -2.31. The minimum Gasteiger partial charge on any atom is -0.478 e. The molecule has 1 aliphatic rings. The molecule has 5 nitrogen and oxygen atoms in total. The van der Waals surface area contributed by atoms with Gasteiger partial charge < -0.3 is 5.11 Å². The quantitative estimate of drug-likeness (QED) is 0.925. The predicted molar refractivity (Wildman–Crippen MR) is 75.1 cm³/mol. The van der Waals surface area contributed by atoms with E-state index in [0.717, 1.165) is 37.5 Å². The van der Waals surface area contributed by atoms with E-state index < -0.39 is 26.7 Å². The van der Waals surface area contributed by atoms with Crippen molar-refractivity contribution in [3.8, 4) is 0 Å². The minimum atomic E-state index is -4.00. The average molecular weight is 315 g/mol. The van der Waals surface area contributed by atoms with Crippen LogP contribution in [-0.2, 0) is 10.0 Å². The minimum absolute atomic E-state index is 0.237. The Balaban J connectivity index is 2.39. The van der Waals surface area contributed by atoms with E-state index in [2.05, 4.69) is 0 Å². The first-order chi connectivity index (χ1) is 9.86. The Kier molecular flexibility index (Phi) is 4.63. The van der Waals surface area contributed by atoms with Gasteiger partial charge in [0.25, 0.3) is 0 Å². The van der Waals surface area contributed by atoms with Crippen LogP contribution in [0.1, 0.15) is 36.5 Å². The lowest BCUT2D eigenvalue weighted by Crippen LogP contribution is -2.40. The second-order valence-electron chi connectivity index (χ2n) is 5.23. The van der Waals surface area contributed by atoms with Crippen LogP contribution in [0.25, 0.3) is 0 Å². The van der Waals surface area contributed by atoms with Crippen LogP contribution in [0, 0.1) is 11.7 Å². The van der Waals surface area contributed by atoms with Crippen molar-refractivity contribution in [2.45, 2.75) is 31.1 Å². The van der Waals surface area contributed by atoms with Gasteiger partial charge in [-0.3, -0.25) is 0 Å². The van der Waals surface area contributed by atoms with Crippen molar-refractivity contribution in [1.29, 1.82) is 0 Å². The van der Waals surface area contributed by atoms with Gasteiger partial charge in [-0.05, 0) is 37.0 Å². The van der Waals surface area contributed by atoms with Crippen LogP contribution in [0.3, 0.4) is 0 Å². The molecule has 1 fully saturated rings. The SMILES string of the molecule is CCC1CCCN(S(=O)(=O)c2cc(C(=O)O)ccc2F)C1. The second kappa shape index (κ2) is 6.11. The Morgan fingerprint density at radius 1 is 1.48 bits per heavy atom. The molecule has 21 heavy (non-hydrogen) atoms.